The van der Waals surface area contributed by atoms with Crippen molar-refractivity contribution in [2.24, 2.45) is 0 Å². The molecule has 0 spiro atoms. The van der Waals surface area contributed by atoms with Crippen LogP contribution in [0, 0.1) is 0 Å². The number of rotatable bonds is 5. The van der Waals surface area contributed by atoms with Crippen LogP contribution in [0.1, 0.15) is 22.4 Å². The molecule has 0 aliphatic heterocycles. The van der Waals surface area contributed by atoms with Crippen LogP contribution in [0.15, 0.2) is 40.6 Å². The predicted octanol–water partition coefficient (Wildman–Crippen LogP) is 3.65. The van der Waals surface area contributed by atoms with Crippen molar-refractivity contribution >= 4 is 29.0 Å². The standard InChI is InChI=1S/C16H17NOS2/c18-16(17-10-15-5-2-8-19-15)11-20-14-7-6-12-3-1-4-13(12)9-14/h2,5-9H,1,3-4,10-11H2,(H,17,18). The van der Waals surface area contributed by atoms with Crippen molar-refractivity contribution in [2.75, 3.05) is 5.75 Å². The summed E-state index contributed by atoms with van der Waals surface area (Å²) in [6.45, 7) is 0.640. The van der Waals surface area contributed by atoms with Crippen molar-refractivity contribution in [1.29, 1.82) is 0 Å². The highest BCUT2D eigenvalue weighted by Crippen LogP contribution is 2.27. The van der Waals surface area contributed by atoms with E-state index in [-0.39, 0.29) is 5.91 Å². The Balaban J connectivity index is 1.48. The molecule has 0 saturated carbocycles. The van der Waals surface area contributed by atoms with E-state index in [4.69, 9.17) is 0 Å². The van der Waals surface area contributed by atoms with Gasteiger partial charge >= 0.3 is 0 Å². The Morgan fingerprint density at radius 2 is 2.15 bits per heavy atom. The highest BCUT2D eigenvalue weighted by molar-refractivity contribution is 8.00. The van der Waals surface area contributed by atoms with Gasteiger partial charge < -0.3 is 5.32 Å². The van der Waals surface area contributed by atoms with Crippen LogP contribution < -0.4 is 5.32 Å². The van der Waals surface area contributed by atoms with Gasteiger partial charge in [0.15, 0.2) is 0 Å². The molecule has 0 fully saturated rings. The van der Waals surface area contributed by atoms with Crippen LogP contribution in [-0.4, -0.2) is 11.7 Å². The van der Waals surface area contributed by atoms with Gasteiger partial charge in [-0.3, -0.25) is 4.79 Å². The van der Waals surface area contributed by atoms with E-state index in [1.165, 1.54) is 40.2 Å². The molecule has 2 nitrogen and oxygen atoms in total. The fourth-order valence-corrected chi connectivity index (χ4v) is 3.87. The summed E-state index contributed by atoms with van der Waals surface area (Å²) in [4.78, 5) is 14.2. The second-order valence-corrected chi connectivity index (χ2v) is 7.01. The van der Waals surface area contributed by atoms with Crippen molar-refractivity contribution in [3.8, 4) is 0 Å². The first-order chi connectivity index (χ1) is 9.81. The third-order valence-corrected chi connectivity index (χ3v) is 5.35. The highest BCUT2D eigenvalue weighted by Gasteiger charge is 2.11. The highest BCUT2D eigenvalue weighted by atomic mass is 32.2. The maximum Gasteiger partial charge on any atom is 0.230 e. The monoisotopic (exact) mass is 303 g/mol. The maximum atomic E-state index is 11.8. The van der Waals surface area contributed by atoms with Crippen molar-refractivity contribution in [1.82, 2.24) is 5.32 Å². The molecule has 4 heteroatoms. The molecule has 1 heterocycles. The zero-order valence-electron chi connectivity index (χ0n) is 11.2. The predicted molar refractivity (Wildman–Crippen MR) is 85.4 cm³/mol. The molecule has 1 aromatic carbocycles. The van der Waals surface area contributed by atoms with E-state index in [9.17, 15) is 4.79 Å². The second-order valence-electron chi connectivity index (χ2n) is 4.93. The number of fused-ring (bicyclic) bond motifs is 1. The first-order valence-corrected chi connectivity index (χ1v) is 8.71. The fourth-order valence-electron chi connectivity index (χ4n) is 2.44. The molecular formula is C16H17NOS2. The van der Waals surface area contributed by atoms with Crippen LogP contribution in [0.4, 0.5) is 0 Å². The van der Waals surface area contributed by atoms with Gasteiger partial charge in [0.1, 0.15) is 0 Å². The smallest absolute Gasteiger partial charge is 0.230 e. The summed E-state index contributed by atoms with van der Waals surface area (Å²) < 4.78 is 0. The van der Waals surface area contributed by atoms with Crippen LogP contribution >= 0.6 is 23.1 Å². The summed E-state index contributed by atoms with van der Waals surface area (Å²) in [7, 11) is 0. The van der Waals surface area contributed by atoms with Crippen molar-refractivity contribution < 1.29 is 4.79 Å². The topological polar surface area (TPSA) is 29.1 Å². The number of benzene rings is 1. The molecule has 0 atom stereocenters. The summed E-state index contributed by atoms with van der Waals surface area (Å²) in [6, 6.07) is 10.7. The molecule has 0 unspecified atom stereocenters. The van der Waals surface area contributed by atoms with Crippen LogP contribution in [0.2, 0.25) is 0 Å². The third-order valence-electron chi connectivity index (χ3n) is 3.48. The molecular weight excluding hydrogens is 286 g/mol. The van der Waals surface area contributed by atoms with Gasteiger partial charge in [0.2, 0.25) is 5.91 Å². The number of hydrogen-bond donors (Lipinski definition) is 1. The van der Waals surface area contributed by atoms with E-state index in [0.717, 1.165) is 0 Å². The van der Waals surface area contributed by atoms with Crippen LogP contribution in [-0.2, 0) is 24.2 Å². The molecule has 1 aliphatic carbocycles. The largest absolute Gasteiger partial charge is 0.350 e. The molecule has 1 N–H and O–H groups in total. The van der Waals surface area contributed by atoms with Crippen LogP contribution in [0.25, 0.3) is 0 Å². The Morgan fingerprint density at radius 3 is 3.00 bits per heavy atom. The van der Waals surface area contributed by atoms with Gasteiger partial charge in [0.05, 0.1) is 12.3 Å². The lowest BCUT2D eigenvalue weighted by atomic mass is 10.1. The molecule has 3 rings (SSSR count). The Labute approximate surface area is 127 Å². The molecule has 1 aliphatic rings. The van der Waals surface area contributed by atoms with E-state index in [2.05, 4.69) is 23.5 Å². The molecule has 20 heavy (non-hydrogen) atoms. The molecule has 0 bridgehead atoms. The number of amides is 1. The number of carbonyl (C=O) groups is 1. The number of carbonyl (C=O) groups excluding carboxylic acids is 1. The molecule has 1 amide bonds. The maximum absolute atomic E-state index is 11.8. The van der Waals surface area contributed by atoms with Crippen molar-refractivity contribution in [3.05, 3.63) is 51.7 Å². The molecule has 0 radical (unpaired) electrons. The minimum atomic E-state index is 0.101. The quantitative estimate of drug-likeness (QED) is 0.854. The minimum absolute atomic E-state index is 0.101. The summed E-state index contributed by atoms with van der Waals surface area (Å²) in [5.41, 5.74) is 2.95. The first kappa shape index (κ1) is 13.7. The van der Waals surface area contributed by atoms with E-state index in [1.807, 2.05) is 17.5 Å². The van der Waals surface area contributed by atoms with E-state index >= 15 is 0 Å². The summed E-state index contributed by atoms with van der Waals surface area (Å²) in [5, 5.41) is 4.99. The van der Waals surface area contributed by atoms with Gasteiger partial charge in [0.25, 0.3) is 0 Å². The number of hydrogen-bond acceptors (Lipinski definition) is 3. The lowest BCUT2D eigenvalue weighted by Gasteiger charge is -2.06. The first-order valence-electron chi connectivity index (χ1n) is 6.85. The van der Waals surface area contributed by atoms with Gasteiger partial charge in [-0.25, -0.2) is 0 Å². The second kappa shape index (κ2) is 6.46. The normalized spacial score (nSPS) is 13.2. The van der Waals surface area contributed by atoms with E-state index < -0.39 is 0 Å². The summed E-state index contributed by atoms with van der Waals surface area (Å²) in [6.07, 6.45) is 3.67. The summed E-state index contributed by atoms with van der Waals surface area (Å²) >= 11 is 3.29. The molecule has 0 saturated heterocycles. The summed E-state index contributed by atoms with van der Waals surface area (Å²) in [5.74, 6) is 0.591. The van der Waals surface area contributed by atoms with E-state index in [1.54, 1.807) is 23.1 Å². The molecule has 104 valence electrons. The SMILES string of the molecule is O=C(CSc1ccc2c(c1)CCC2)NCc1cccs1. The number of nitrogens with one attached hydrogen (secondary N) is 1. The zero-order chi connectivity index (χ0) is 13.8. The van der Waals surface area contributed by atoms with Crippen LogP contribution in [0.5, 0.6) is 0 Å². The fraction of sp³-hybridized carbons (Fsp3) is 0.312. The average molecular weight is 303 g/mol. The van der Waals surface area contributed by atoms with Gasteiger partial charge in [-0.15, -0.1) is 23.1 Å². The number of thioether (sulfide) groups is 1. The Hall–Kier alpha value is -1.26. The van der Waals surface area contributed by atoms with E-state index in [0.29, 0.717) is 12.3 Å². The average Bonchev–Trinajstić information content (AvgIpc) is 3.13. The van der Waals surface area contributed by atoms with Crippen molar-refractivity contribution in [3.63, 3.8) is 0 Å². The molecule has 2 aromatic rings. The Bertz CT molecular complexity index is 593. The number of thiophene rings is 1. The van der Waals surface area contributed by atoms with Gasteiger partial charge in [-0.1, -0.05) is 12.1 Å². The number of aryl methyl sites for hydroxylation is 2. The lowest BCUT2D eigenvalue weighted by molar-refractivity contribution is -0.118. The van der Waals surface area contributed by atoms with Gasteiger partial charge in [-0.05, 0) is 54.0 Å². The van der Waals surface area contributed by atoms with Crippen molar-refractivity contribution in [2.45, 2.75) is 30.7 Å². The Morgan fingerprint density at radius 1 is 1.25 bits per heavy atom. The van der Waals surface area contributed by atoms with Gasteiger partial charge in [-0.2, -0.15) is 0 Å². The third kappa shape index (κ3) is 3.44. The van der Waals surface area contributed by atoms with Crippen LogP contribution in [0.3, 0.4) is 0 Å². The Kier molecular flexibility index (Phi) is 4.43. The minimum Gasteiger partial charge on any atom is -0.350 e. The lowest BCUT2D eigenvalue weighted by Crippen LogP contribution is -2.24. The zero-order valence-corrected chi connectivity index (χ0v) is 12.9. The van der Waals surface area contributed by atoms with Gasteiger partial charge in [0, 0.05) is 9.77 Å². The molecule has 1 aromatic heterocycles.